The van der Waals surface area contributed by atoms with Gasteiger partial charge in [-0.2, -0.15) is 0 Å². The maximum atomic E-state index is 11.5. The molecule has 0 saturated heterocycles. The summed E-state index contributed by atoms with van der Waals surface area (Å²) in [4.78, 5) is 33.6. The zero-order valence-corrected chi connectivity index (χ0v) is 11.0. The predicted molar refractivity (Wildman–Crippen MR) is 66.2 cm³/mol. The quantitative estimate of drug-likeness (QED) is 0.518. The van der Waals surface area contributed by atoms with Gasteiger partial charge >= 0.3 is 12.0 Å². The van der Waals surface area contributed by atoms with Gasteiger partial charge in [0.15, 0.2) is 0 Å². The Morgan fingerprint density at radius 2 is 1.72 bits per heavy atom. The van der Waals surface area contributed by atoms with Gasteiger partial charge in [0.05, 0.1) is 0 Å². The van der Waals surface area contributed by atoms with Crippen molar-refractivity contribution < 1.29 is 19.5 Å². The highest BCUT2D eigenvalue weighted by Crippen LogP contribution is 2.14. The summed E-state index contributed by atoms with van der Waals surface area (Å²) in [5.41, 5.74) is -1.25. The van der Waals surface area contributed by atoms with Crippen LogP contribution in [-0.2, 0) is 9.59 Å². The molecular formula is C11H21N3O4. The normalized spacial score (nSPS) is 10.6. The van der Waals surface area contributed by atoms with Crippen molar-refractivity contribution in [3.8, 4) is 0 Å². The lowest BCUT2D eigenvalue weighted by Crippen LogP contribution is -2.56. The van der Waals surface area contributed by atoms with E-state index in [9.17, 15) is 14.4 Å². The van der Waals surface area contributed by atoms with E-state index in [1.54, 1.807) is 13.8 Å². The molecule has 0 rings (SSSR count). The van der Waals surface area contributed by atoms with Crippen molar-refractivity contribution >= 4 is 17.9 Å². The van der Waals surface area contributed by atoms with Crippen molar-refractivity contribution in [2.45, 2.75) is 38.6 Å². The fourth-order valence-corrected chi connectivity index (χ4v) is 1.46. The minimum Gasteiger partial charge on any atom is -0.480 e. The molecule has 0 aromatic rings. The van der Waals surface area contributed by atoms with Gasteiger partial charge in [0.25, 0.3) is 0 Å². The van der Waals surface area contributed by atoms with Gasteiger partial charge in [-0.25, -0.2) is 9.59 Å². The third-order valence-electron chi connectivity index (χ3n) is 2.89. The van der Waals surface area contributed by atoms with Crippen molar-refractivity contribution in [2.75, 3.05) is 13.6 Å². The van der Waals surface area contributed by atoms with Gasteiger partial charge < -0.3 is 21.1 Å². The van der Waals surface area contributed by atoms with Gasteiger partial charge in [-0.3, -0.25) is 4.79 Å². The summed E-state index contributed by atoms with van der Waals surface area (Å²) in [7, 11) is 1.51. The standard InChI is InChI=1S/C11H21N3O4/c1-4-11(5-2,9(16)17)14-10(18)13-7-6-8(15)12-3/h4-7H2,1-3H3,(H,12,15)(H,16,17)(H2,13,14,18). The Morgan fingerprint density at radius 3 is 2.11 bits per heavy atom. The maximum absolute atomic E-state index is 11.5. The van der Waals surface area contributed by atoms with E-state index in [0.717, 1.165) is 0 Å². The Kier molecular flexibility index (Phi) is 6.77. The molecule has 0 aliphatic carbocycles. The highest BCUT2D eigenvalue weighted by molar-refractivity contribution is 5.86. The van der Waals surface area contributed by atoms with Crippen molar-refractivity contribution in [3.63, 3.8) is 0 Å². The number of hydrogen-bond acceptors (Lipinski definition) is 3. The summed E-state index contributed by atoms with van der Waals surface area (Å²) >= 11 is 0. The number of carboxylic acids is 1. The zero-order valence-electron chi connectivity index (χ0n) is 11.0. The molecule has 3 amide bonds. The molecule has 0 aliphatic rings. The molecule has 0 aromatic carbocycles. The second-order valence-electron chi connectivity index (χ2n) is 3.90. The number of rotatable bonds is 7. The molecule has 0 atom stereocenters. The van der Waals surface area contributed by atoms with E-state index in [1.165, 1.54) is 7.05 Å². The van der Waals surface area contributed by atoms with Crippen molar-refractivity contribution in [2.24, 2.45) is 0 Å². The molecule has 0 spiro atoms. The fourth-order valence-electron chi connectivity index (χ4n) is 1.46. The highest BCUT2D eigenvalue weighted by Gasteiger charge is 2.36. The lowest BCUT2D eigenvalue weighted by atomic mass is 9.93. The summed E-state index contributed by atoms with van der Waals surface area (Å²) in [6, 6.07) is -0.579. The van der Waals surface area contributed by atoms with E-state index in [0.29, 0.717) is 12.8 Å². The summed E-state index contributed by atoms with van der Waals surface area (Å²) in [6.07, 6.45) is 0.742. The first-order valence-corrected chi connectivity index (χ1v) is 5.91. The first-order valence-electron chi connectivity index (χ1n) is 5.91. The lowest BCUT2D eigenvalue weighted by molar-refractivity contribution is -0.144. The molecule has 0 aliphatic heterocycles. The van der Waals surface area contributed by atoms with Gasteiger partial charge in [-0.15, -0.1) is 0 Å². The fraction of sp³-hybridized carbons (Fsp3) is 0.727. The Hall–Kier alpha value is -1.79. The smallest absolute Gasteiger partial charge is 0.329 e. The first kappa shape index (κ1) is 16.2. The van der Waals surface area contributed by atoms with E-state index in [4.69, 9.17) is 5.11 Å². The highest BCUT2D eigenvalue weighted by atomic mass is 16.4. The predicted octanol–water partition coefficient (Wildman–Crippen LogP) is 0.0651. The monoisotopic (exact) mass is 259 g/mol. The maximum Gasteiger partial charge on any atom is 0.329 e. The van der Waals surface area contributed by atoms with E-state index in [1.807, 2.05) is 0 Å². The molecule has 0 unspecified atom stereocenters. The van der Waals surface area contributed by atoms with Crippen molar-refractivity contribution in [3.05, 3.63) is 0 Å². The van der Waals surface area contributed by atoms with Crippen LogP contribution in [-0.4, -0.2) is 42.1 Å². The summed E-state index contributed by atoms with van der Waals surface area (Å²) in [5, 5.41) is 16.4. The molecule has 0 bridgehead atoms. The van der Waals surface area contributed by atoms with Crippen LogP contribution in [0.2, 0.25) is 0 Å². The Balaban J connectivity index is 4.28. The van der Waals surface area contributed by atoms with Crippen LogP contribution in [0.1, 0.15) is 33.1 Å². The molecule has 7 heteroatoms. The van der Waals surface area contributed by atoms with Crippen LogP contribution in [0.5, 0.6) is 0 Å². The van der Waals surface area contributed by atoms with E-state index in [2.05, 4.69) is 16.0 Å². The number of amides is 3. The van der Waals surface area contributed by atoms with E-state index < -0.39 is 17.5 Å². The molecule has 0 fully saturated rings. The SMILES string of the molecule is CCC(CC)(NC(=O)NCCC(=O)NC)C(=O)O. The van der Waals surface area contributed by atoms with Gasteiger partial charge in [0.1, 0.15) is 5.54 Å². The minimum atomic E-state index is -1.25. The Morgan fingerprint density at radius 1 is 1.17 bits per heavy atom. The summed E-state index contributed by atoms with van der Waals surface area (Å²) < 4.78 is 0. The Bertz CT molecular complexity index is 313. The number of carboxylic acid groups (broad SMARTS) is 1. The van der Waals surface area contributed by atoms with Crippen molar-refractivity contribution in [1.29, 1.82) is 0 Å². The van der Waals surface area contributed by atoms with Crippen LogP contribution in [0.15, 0.2) is 0 Å². The largest absolute Gasteiger partial charge is 0.480 e. The van der Waals surface area contributed by atoms with Crippen LogP contribution >= 0.6 is 0 Å². The molecule has 18 heavy (non-hydrogen) atoms. The number of aliphatic carboxylic acids is 1. The van der Waals surface area contributed by atoms with Crippen LogP contribution < -0.4 is 16.0 Å². The topological polar surface area (TPSA) is 108 Å². The molecule has 0 radical (unpaired) electrons. The molecule has 4 N–H and O–H groups in total. The third-order valence-corrected chi connectivity index (χ3v) is 2.89. The molecule has 0 aromatic heterocycles. The number of carbonyl (C=O) groups is 3. The molecule has 0 heterocycles. The minimum absolute atomic E-state index is 0.155. The van der Waals surface area contributed by atoms with E-state index in [-0.39, 0.29) is 18.9 Å². The zero-order chi connectivity index (χ0) is 14.2. The van der Waals surface area contributed by atoms with E-state index >= 15 is 0 Å². The molecule has 0 saturated carbocycles. The molecule has 104 valence electrons. The Labute approximate surface area is 106 Å². The number of urea groups is 1. The average molecular weight is 259 g/mol. The average Bonchev–Trinajstić information content (AvgIpc) is 2.35. The van der Waals surface area contributed by atoms with Crippen LogP contribution in [0.25, 0.3) is 0 Å². The molecule has 7 nitrogen and oxygen atoms in total. The first-order chi connectivity index (χ1) is 8.41. The van der Waals surface area contributed by atoms with Gasteiger partial charge in [0, 0.05) is 20.0 Å². The van der Waals surface area contributed by atoms with Crippen molar-refractivity contribution in [1.82, 2.24) is 16.0 Å². The van der Waals surface area contributed by atoms with Gasteiger partial charge in [-0.05, 0) is 12.8 Å². The summed E-state index contributed by atoms with van der Waals surface area (Å²) in [5.74, 6) is -1.25. The van der Waals surface area contributed by atoms with Crippen LogP contribution in [0, 0.1) is 0 Å². The number of nitrogens with one attached hydrogen (secondary N) is 3. The second-order valence-corrected chi connectivity index (χ2v) is 3.90. The molecular weight excluding hydrogens is 238 g/mol. The third kappa shape index (κ3) is 4.60. The number of hydrogen-bond donors (Lipinski definition) is 4. The lowest BCUT2D eigenvalue weighted by Gasteiger charge is -2.28. The second kappa shape index (κ2) is 7.52. The van der Waals surface area contributed by atoms with Crippen LogP contribution in [0.4, 0.5) is 4.79 Å². The summed E-state index contributed by atoms with van der Waals surface area (Å²) in [6.45, 7) is 3.56. The van der Waals surface area contributed by atoms with Crippen LogP contribution in [0.3, 0.4) is 0 Å². The van der Waals surface area contributed by atoms with Gasteiger partial charge in [0.2, 0.25) is 5.91 Å². The number of carbonyl (C=O) groups excluding carboxylic acids is 2. The van der Waals surface area contributed by atoms with Gasteiger partial charge in [-0.1, -0.05) is 13.8 Å².